The highest BCUT2D eigenvalue weighted by molar-refractivity contribution is 5.80. The van der Waals surface area contributed by atoms with Gasteiger partial charge in [0.05, 0.1) is 13.7 Å². The monoisotopic (exact) mass is 436 g/mol. The Morgan fingerprint density at radius 1 is 1.13 bits per heavy atom. The second-order valence-corrected chi connectivity index (χ2v) is 7.30. The molecule has 1 atom stereocenters. The third-order valence-corrected chi connectivity index (χ3v) is 4.92. The maximum atomic E-state index is 12.5. The number of ether oxygens (including phenoxy) is 2. The lowest BCUT2D eigenvalue weighted by Crippen LogP contribution is -2.44. The van der Waals surface area contributed by atoms with Crippen LogP contribution in [0.1, 0.15) is 12.0 Å². The largest absolute Gasteiger partial charge is 0.493 e. The van der Waals surface area contributed by atoms with Crippen molar-refractivity contribution in [1.82, 2.24) is 15.5 Å². The van der Waals surface area contributed by atoms with Crippen LogP contribution in [0.15, 0.2) is 53.5 Å². The Hall–Kier alpha value is -2.94. The lowest BCUT2D eigenvalue weighted by atomic mass is 10.2. The van der Waals surface area contributed by atoms with Crippen LogP contribution in [-0.4, -0.2) is 56.9 Å². The molecule has 0 radical (unpaired) electrons. The molecule has 3 rings (SSSR count). The lowest BCUT2D eigenvalue weighted by Gasteiger charge is -2.20. The Balaban J connectivity index is 1.48. The van der Waals surface area contributed by atoms with Crippen LogP contribution < -0.4 is 20.1 Å². The Bertz CT molecular complexity index is 872. The van der Waals surface area contributed by atoms with E-state index in [1.54, 1.807) is 14.2 Å². The third-order valence-electron chi connectivity index (χ3n) is 4.92. The van der Waals surface area contributed by atoms with Gasteiger partial charge in [0.2, 0.25) is 0 Å². The van der Waals surface area contributed by atoms with Crippen LogP contribution in [0, 0.1) is 0 Å². The number of nitrogens with zero attached hydrogens (tertiary/aromatic N) is 2. The van der Waals surface area contributed by atoms with Gasteiger partial charge in [-0.25, -0.2) is 0 Å². The Morgan fingerprint density at radius 3 is 2.48 bits per heavy atom. The molecule has 2 aromatic rings. The number of nitrogens with one attached hydrogen (secondary N) is 2. The highest BCUT2D eigenvalue weighted by Gasteiger charge is 2.34. The maximum absolute atomic E-state index is 12.5. The predicted molar refractivity (Wildman–Crippen MR) is 114 cm³/mol. The van der Waals surface area contributed by atoms with Crippen molar-refractivity contribution in [2.24, 2.45) is 4.99 Å². The van der Waals surface area contributed by atoms with E-state index in [9.17, 15) is 13.2 Å². The lowest BCUT2D eigenvalue weighted by molar-refractivity contribution is -0.143. The number of para-hydroxylation sites is 2. The van der Waals surface area contributed by atoms with Crippen LogP contribution in [0.25, 0.3) is 0 Å². The topological polar surface area (TPSA) is 58.1 Å². The molecule has 0 bridgehead atoms. The minimum Gasteiger partial charge on any atom is -0.493 e. The van der Waals surface area contributed by atoms with Crippen LogP contribution in [0.2, 0.25) is 0 Å². The molecular weight excluding hydrogens is 409 g/mol. The number of benzene rings is 2. The van der Waals surface area contributed by atoms with Crippen molar-refractivity contribution in [2.45, 2.75) is 25.2 Å². The Kier molecular flexibility index (Phi) is 7.62. The minimum absolute atomic E-state index is 0.0646. The van der Waals surface area contributed by atoms with Crippen molar-refractivity contribution >= 4 is 5.96 Å². The number of likely N-dealkylation sites (tertiary alicyclic amines) is 1. The summed E-state index contributed by atoms with van der Waals surface area (Å²) in [7, 11) is 3.24. The van der Waals surface area contributed by atoms with E-state index in [-0.39, 0.29) is 6.04 Å². The summed E-state index contributed by atoms with van der Waals surface area (Å²) in [5.41, 5.74) is 1.01. The van der Waals surface area contributed by atoms with E-state index in [0.717, 1.165) is 5.56 Å². The van der Waals surface area contributed by atoms with Crippen molar-refractivity contribution in [3.8, 4) is 17.2 Å². The highest BCUT2D eigenvalue weighted by Crippen LogP contribution is 2.30. The van der Waals surface area contributed by atoms with Gasteiger partial charge in [0.25, 0.3) is 0 Å². The number of alkyl halides is 3. The molecular formula is C22H27F3N4O2. The number of hydrogen-bond acceptors (Lipinski definition) is 4. The molecule has 1 aliphatic rings. The quantitative estimate of drug-likeness (QED) is 0.511. The van der Waals surface area contributed by atoms with E-state index in [0.29, 0.717) is 49.3 Å². The van der Waals surface area contributed by atoms with Crippen LogP contribution in [-0.2, 0) is 6.54 Å². The summed E-state index contributed by atoms with van der Waals surface area (Å²) in [4.78, 5) is 5.58. The molecule has 1 saturated heterocycles. The molecule has 6 nitrogen and oxygen atoms in total. The van der Waals surface area contributed by atoms with E-state index in [2.05, 4.69) is 15.6 Å². The first-order valence-corrected chi connectivity index (χ1v) is 10.0. The first kappa shape index (κ1) is 22.7. The van der Waals surface area contributed by atoms with Gasteiger partial charge >= 0.3 is 6.18 Å². The fraction of sp³-hybridized carbons (Fsp3) is 0.409. The molecule has 1 heterocycles. The van der Waals surface area contributed by atoms with Gasteiger partial charge in [-0.05, 0) is 36.2 Å². The van der Waals surface area contributed by atoms with Crippen molar-refractivity contribution in [3.05, 3.63) is 54.1 Å². The fourth-order valence-corrected chi connectivity index (χ4v) is 3.43. The smallest absolute Gasteiger partial charge is 0.401 e. The zero-order valence-electron chi connectivity index (χ0n) is 17.6. The van der Waals surface area contributed by atoms with Crippen LogP contribution in [0.5, 0.6) is 17.2 Å². The summed E-state index contributed by atoms with van der Waals surface area (Å²) in [5, 5.41) is 6.40. The molecule has 1 aliphatic heterocycles. The molecule has 9 heteroatoms. The van der Waals surface area contributed by atoms with E-state index >= 15 is 0 Å². The molecule has 0 aromatic heterocycles. The first-order valence-electron chi connectivity index (χ1n) is 10.0. The summed E-state index contributed by atoms with van der Waals surface area (Å²) in [6.07, 6.45) is -3.53. The normalized spacial score (nSPS) is 17.5. The molecule has 1 unspecified atom stereocenters. The van der Waals surface area contributed by atoms with E-state index in [4.69, 9.17) is 9.47 Å². The zero-order chi connectivity index (χ0) is 22.3. The SMILES string of the molecule is CN=C(NCc1ccc(Oc2ccccc2OC)cc1)NC1CCN(CC(F)(F)F)C1. The van der Waals surface area contributed by atoms with Gasteiger partial charge in [-0.3, -0.25) is 9.89 Å². The number of guanidine groups is 1. The standard InChI is InChI=1S/C22H27F3N4O2/c1-26-21(28-17-11-12-29(14-17)15-22(23,24)25)27-13-16-7-9-18(10-8-16)31-20-6-4-3-5-19(20)30-2/h3-10,17H,11-15H2,1-2H3,(H2,26,27,28). The van der Waals surface area contributed by atoms with Gasteiger partial charge in [0.1, 0.15) is 5.75 Å². The predicted octanol–water partition coefficient (Wildman–Crippen LogP) is 3.79. The van der Waals surface area contributed by atoms with Crippen molar-refractivity contribution in [1.29, 1.82) is 0 Å². The molecule has 0 spiro atoms. The molecule has 0 aliphatic carbocycles. The average Bonchev–Trinajstić information content (AvgIpc) is 3.17. The van der Waals surface area contributed by atoms with Crippen molar-refractivity contribution in [3.63, 3.8) is 0 Å². The second-order valence-electron chi connectivity index (χ2n) is 7.30. The zero-order valence-corrected chi connectivity index (χ0v) is 17.6. The average molecular weight is 436 g/mol. The molecule has 2 N–H and O–H groups in total. The van der Waals surface area contributed by atoms with Crippen molar-refractivity contribution < 1.29 is 22.6 Å². The van der Waals surface area contributed by atoms with Gasteiger partial charge in [-0.2, -0.15) is 13.2 Å². The fourth-order valence-electron chi connectivity index (χ4n) is 3.43. The van der Waals surface area contributed by atoms with Crippen molar-refractivity contribution in [2.75, 3.05) is 33.8 Å². The number of rotatable bonds is 7. The summed E-state index contributed by atoms with van der Waals surface area (Å²) in [6, 6.07) is 15.0. The second kappa shape index (κ2) is 10.4. The van der Waals surface area contributed by atoms with E-state index < -0.39 is 12.7 Å². The van der Waals surface area contributed by atoms with E-state index in [1.807, 2.05) is 48.5 Å². The highest BCUT2D eigenvalue weighted by atomic mass is 19.4. The van der Waals surface area contributed by atoms with E-state index in [1.165, 1.54) is 4.90 Å². The van der Waals surface area contributed by atoms with Crippen LogP contribution in [0.4, 0.5) is 13.2 Å². The summed E-state index contributed by atoms with van der Waals surface area (Å²) < 4.78 is 48.8. The number of methoxy groups -OCH3 is 1. The Morgan fingerprint density at radius 2 is 1.84 bits per heavy atom. The molecule has 1 fully saturated rings. The Labute approximate surface area is 180 Å². The van der Waals surface area contributed by atoms with Crippen LogP contribution >= 0.6 is 0 Å². The summed E-state index contributed by atoms with van der Waals surface area (Å²) in [5.74, 6) is 2.54. The number of aliphatic imine (C=N–C) groups is 1. The molecule has 168 valence electrons. The summed E-state index contributed by atoms with van der Waals surface area (Å²) in [6.45, 7) is 0.408. The number of hydrogen-bond donors (Lipinski definition) is 2. The molecule has 0 amide bonds. The van der Waals surface area contributed by atoms with Gasteiger partial charge in [-0.1, -0.05) is 24.3 Å². The molecule has 31 heavy (non-hydrogen) atoms. The van der Waals surface area contributed by atoms with Crippen LogP contribution in [0.3, 0.4) is 0 Å². The molecule has 2 aromatic carbocycles. The third kappa shape index (κ3) is 7.06. The maximum Gasteiger partial charge on any atom is 0.401 e. The van der Waals surface area contributed by atoms with Gasteiger partial charge < -0.3 is 20.1 Å². The molecule has 0 saturated carbocycles. The van der Waals surface area contributed by atoms with Gasteiger partial charge in [-0.15, -0.1) is 0 Å². The number of halogens is 3. The van der Waals surface area contributed by atoms with Gasteiger partial charge in [0.15, 0.2) is 17.5 Å². The first-order chi connectivity index (χ1) is 14.9. The summed E-state index contributed by atoms with van der Waals surface area (Å²) >= 11 is 0. The minimum atomic E-state index is -4.17. The van der Waals surface area contributed by atoms with Gasteiger partial charge in [0, 0.05) is 32.7 Å².